The number of nitrogens with one attached hydrogen (secondary N) is 1. The largest absolute Gasteiger partial charge is 0.379 e. The Morgan fingerprint density at radius 2 is 2.00 bits per heavy atom. The minimum atomic E-state index is -1.54. The predicted molar refractivity (Wildman–Crippen MR) is 98.8 cm³/mol. The second-order valence-electron chi connectivity index (χ2n) is 7.17. The summed E-state index contributed by atoms with van der Waals surface area (Å²) in [5, 5.41) is 14.0. The van der Waals surface area contributed by atoms with Gasteiger partial charge in [0.15, 0.2) is 17.2 Å². The van der Waals surface area contributed by atoms with Gasteiger partial charge in [-0.15, -0.1) is 0 Å². The SMILES string of the molecule is Cc1cccc(CNCC2(O)CCCN(Cc3cccc(F)c3F)C2=O)c1. The predicted octanol–water partition coefficient (Wildman–Crippen LogP) is 2.92. The second kappa shape index (κ2) is 8.15. The molecule has 4 nitrogen and oxygen atoms in total. The van der Waals surface area contributed by atoms with E-state index in [4.69, 9.17) is 0 Å². The second-order valence-corrected chi connectivity index (χ2v) is 7.17. The van der Waals surface area contributed by atoms with Crippen molar-refractivity contribution in [2.24, 2.45) is 0 Å². The van der Waals surface area contributed by atoms with Gasteiger partial charge in [0.25, 0.3) is 5.91 Å². The van der Waals surface area contributed by atoms with Crippen LogP contribution in [0, 0.1) is 18.6 Å². The van der Waals surface area contributed by atoms with Crippen LogP contribution in [0.2, 0.25) is 0 Å². The van der Waals surface area contributed by atoms with Gasteiger partial charge in [0, 0.05) is 31.7 Å². The molecule has 1 heterocycles. The summed E-state index contributed by atoms with van der Waals surface area (Å²) in [6, 6.07) is 11.9. The molecule has 1 atom stereocenters. The van der Waals surface area contributed by atoms with Gasteiger partial charge in [-0.25, -0.2) is 8.78 Å². The molecule has 0 aliphatic carbocycles. The summed E-state index contributed by atoms with van der Waals surface area (Å²) in [5.41, 5.74) is 0.789. The highest BCUT2D eigenvalue weighted by atomic mass is 19.2. The number of aryl methyl sites for hydroxylation is 1. The van der Waals surface area contributed by atoms with E-state index in [1.807, 2.05) is 31.2 Å². The van der Waals surface area contributed by atoms with Crippen molar-refractivity contribution in [1.82, 2.24) is 10.2 Å². The number of rotatable bonds is 6. The molecule has 0 saturated carbocycles. The van der Waals surface area contributed by atoms with Crippen LogP contribution in [-0.4, -0.2) is 34.6 Å². The van der Waals surface area contributed by atoms with E-state index in [1.54, 1.807) is 0 Å². The van der Waals surface area contributed by atoms with Gasteiger partial charge in [-0.3, -0.25) is 4.79 Å². The maximum Gasteiger partial charge on any atom is 0.256 e. The topological polar surface area (TPSA) is 52.6 Å². The number of hydrogen-bond acceptors (Lipinski definition) is 3. The number of benzene rings is 2. The number of carbonyl (C=O) groups is 1. The number of amides is 1. The summed E-state index contributed by atoms with van der Waals surface area (Å²) in [5.74, 6) is -2.34. The third kappa shape index (κ3) is 4.51. The number of halogens is 2. The minimum absolute atomic E-state index is 0.0530. The van der Waals surface area contributed by atoms with Crippen LogP contribution in [0.3, 0.4) is 0 Å². The van der Waals surface area contributed by atoms with Crippen LogP contribution >= 0.6 is 0 Å². The monoisotopic (exact) mass is 374 g/mol. The zero-order chi connectivity index (χ0) is 19.4. The van der Waals surface area contributed by atoms with E-state index in [1.165, 1.54) is 17.0 Å². The first-order valence-corrected chi connectivity index (χ1v) is 9.10. The molecular formula is C21H24F2N2O2. The average Bonchev–Trinajstić information content (AvgIpc) is 2.63. The lowest BCUT2D eigenvalue weighted by atomic mass is 9.91. The first-order valence-electron chi connectivity index (χ1n) is 9.10. The Hall–Kier alpha value is -2.31. The smallest absolute Gasteiger partial charge is 0.256 e. The molecule has 1 saturated heterocycles. The summed E-state index contributed by atoms with van der Waals surface area (Å²) < 4.78 is 27.3. The van der Waals surface area contributed by atoms with Crippen LogP contribution in [0.5, 0.6) is 0 Å². The summed E-state index contributed by atoms with van der Waals surface area (Å²) in [7, 11) is 0. The fraction of sp³-hybridized carbons (Fsp3) is 0.381. The summed E-state index contributed by atoms with van der Waals surface area (Å²) >= 11 is 0. The van der Waals surface area contributed by atoms with Gasteiger partial charge in [0.05, 0.1) is 0 Å². The molecule has 3 rings (SSSR count). The van der Waals surface area contributed by atoms with Crippen LogP contribution in [-0.2, 0) is 17.9 Å². The molecule has 0 radical (unpaired) electrons. The number of carbonyl (C=O) groups excluding carboxylic acids is 1. The Morgan fingerprint density at radius 3 is 2.78 bits per heavy atom. The molecule has 2 aromatic carbocycles. The first kappa shape index (κ1) is 19.5. The quantitative estimate of drug-likeness (QED) is 0.818. The van der Waals surface area contributed by atoms with E-state index in [2.05, 4.69) is 5.32 Å². The van der Waals surface area contributed by atoms with Gasteiger partial charge in [-0.2, -0.15) is 0 Å². The maximum atomic E-state index is 13.9. The van der Waals surface area contributed by atoms with Crippen molar-refractivity contribution < 1.29 is 18.7 Å². The zero-order valence-electron chi connectivity index (χ0n) is 15.3. The summed E-state index contributed by atoms with van der Waals surface area (Å²) in [6.45, 7) is 3.01. The molecule has 6 heteroatoms. The van der Waals surface area contributed by atoms with Crippen LogP contribution in [0.1, 0.15) is 29.5 Å². The molecular weight excluding hydrogens is 350 g/mol. The minimum Gasteiger partial charge on any atom is -0.379 e. The highest BCUT2D eigenvalue weighted by molar-refractivity contribution is 5.86. The van der Waals surface area contributed by atoms with Gasteiger partial charge in [-0.05, 0) is 31.4 Å². The van der Waals surface area contributed by atoms with Gasteiger partial charge < -0.3 is 15.3 Å². The lowest BCUT2D eigenvalue weighted by molar-refractivity contribution is -0.157. The molecule has 0 spiro atoms. The van der Waals surface area contributed by atoms with E-state index in [0.29, 0.717) is 25.9 Å². The Morgan fingerprint density at radius 1 is 1.22 bits per heavy atom. The average molecular weight is 374 g/mol. The van der Waals surface area contributed by atoms with Crippen molar-refractivity contribution in [3.63, 3.8) is 0 Å². The van der Waals surface area contributed by atoms with Gasteiger partial charge in [-0.1, -0.05) is 42.0 Å². The molecule has 1 aliphatic rings. The van der Waals surface area contributed by atoms with Crippen LogP contribution in [0.4, 0.5) is 8.78 Å². The first-order chi connectivity index (χ1) is 12.9. The van der Waals surface area contributed by atoms with E-state index in [9.17, 15) is 18.7 Å². The molecule has 0 aromatic heterocycles. The van der Waals surface area contributed by atoms with E-state index < -0.39 is 23.1 Å². The summed E-state index contributed by atoms with van der Waals surface area (Å²) in [4.78, 5) is 14.2. The highest BCUT2D eigenvalue weighted by Gasteiger charge is 2.41. The molecule has 0 bridgehead atoms. The fourth-order valence-corrected chi connectivity index (χ4v) is 3.49. The zero-order valence-corrected chi connectivity index (χ0v) is 15.3. The van der Waals surface area contributed by atoms with Crippen molar-refractivity contribution in [1.29, 1.82) is 0 Å². The number of aliphatic hydroxyl groups is 1. The van der Waals surface area contributed by atoms with Crippen molar-refractivity contribution in [3.05, 3.63) is 70.8 Å². The third-order valence-electron chi connectivity index (χ3n) is 4.93. The molecule has 2 aromatic rings. The Balaban J connectivity index is 1.63. The Labute approximate surface area is 157 Å². The van der Waals surface area contributed by atoms with Gasteiger partial charge >= 0.3 is 0 Å². The highest BCUT2D eigenvalue weighted by Crippen LogP contribution is 2.25. The number of likely N-dealkylation sites (tertiary alicyclic amines) is 1. The maximum absolute atomic E-state index is 13.9. The van der Waals surface area contributed by atoms with Crippen molar-refractivity contribution in [2.45, 2.75) is 38.5 Å². The van der Waals surface area contributed by atoms with Crippen LogP contribution in [0.25, 0.3) is 0 Å². The van der Waals surface area contributed by atoms with Crippen LogP contribution in [0.15, 0.2) is 42.5 Å². The molecule has 2 N–H and O–H groups in total. The molecule has 1 amide bonds. The molecule has 27 heavy (non-hydrogen) atoms. The van der Waals surface area contributed by atoms with Crippen molar-refractivity contribution in [3.8, 4) is 0 Å². The molecule has 1 aliphatic heterocycles. The number of piperidine rings is 1. The Bertz CT molecular complexity index is 828. The number of nitrogens with zero attached hydrogens (tertiary/aromatic N) is 1. The lowest BCUT2D eigenvalue weighted by Gasteiger charge is -2.38. The molecule has 144 valence electrons. The van der Waals surface area contributed by atoms with E-state index >= 15 is 0 Å². The molecule has 1 unspecified atom stereocenters. The Kier molecular flexibility index (Phi) is 5.87. The number of hydrogen-bond donors (Lipinski definition) is 2. The lowest BCUT2D eigenvalue weighted by Crippen LogP contribution is -2.57. The third-order valence-corrected chi connectivity index (χ3v) is 4.93. The van der Waals surface area contributed by atoms with Crippen LogP contribution < -0.4 is 5.32 Å². The molecule has 1 fully saturated rings. The van der Waals surface area contributed by atoms with Crippen molar-refractivity contribution >= 4 is 5.91 Å². The van der Waals surface area contributed by atoms with Crippen molar-refractivity contribution in [2.75, 3.05) is 13.1 Å². The standard InChI is InChI=1S/C21H24F2N2O2/c1-15-5-2-6-16(11-15)12-24-14-21(27)9-4-10-25(20(21)26)13-17-7-3-8-18(22)19(17)23/h2-3,5-8,11,24,27H,4,9-10,12-14H2,1H3. The van der Waals surface area contributed by atoms with Gasteiger partial charge in [0.2, 0.25) is 0 Å². The van der Waals surface area contributed by atoms with E-state index in [0.717, 1.165) is 17.2 Å². The normalized spacial score (nSPS) is 20.1. The fourth-order valence-electron chi connectivity index (χ4n) is 3.49. The summed E-state index contributed by atoms with van der Waals surface area (Å²) in [6.07, 6.45) is 0.945. The van der Waals surface area contributed by atoms with E-state index in [-0.39, 0.29) is 18.7 Å². The van der Waals surface area contributed by atoms with Gasteiger partial charge in [0.1, 0.15) is 0 Å².